The van der Waals surface area contributed by atoms with Crippen LogP contribution in [0, 0.1) is 0 Å². The van der Waals surface area contributed by atoms with Gasteiger partial charge in [0.2, 0.25) is 0 Å². The number of guanidine groups is 1. The number of nitrogens with zero attached hydrogens (tertiary/aromatic N) is 3. The summed E-state index contributed by atoms with van der Waals surface area (Å²) in [6.07, 6.45) is -2.75. The number of halogens is 4. The van der Waals surface area contributed by atoms with Crippen molar-refractivity contribution in [1.82, 2.24) is 15.1 Å². The van der Waals surface area contributed by atoms with E-state index in [1.54, 1.807) is 0 Å². The van der Waals surface area contributed by atoms with E-state index in [1.807, 2.05) is 36.1 Å². The Morgan fingerprint density at radius 3 is 2.52 bits per heavy atom. The second kappa shape index (κ2) is 9.82. The highest BCUT2D eigenvalue weighted by molar-refractivity contribution is 14.0. The Kier molecular flexibility index (Phi) is 8.20. The van der Waals surface area contributed by atoms with Crippen molar-refractivity contribution in [2.75, 3.05) is 39.3 Å². The normalized spacial score (nSPS) is 24.1. The highest BCUT2D eigenvalue weighted by Gasteiger charge is 2.41. The lowest BCUT2D eigenvalue weighted by Gasteiger charge is -2.40. The zero-order valence-electron chi connectivity index (χ0n) is 16.9. The summed E-state index contributed by atoms with van der Waals surface area (Å²) >= 11 is 0. The van der Waals surface area contributed by atoms with Gasteiger partial charge in [0, 0.05) is 32.7 Å². The fourth-order valence-corrected chi connectivity index (χ4v) is 3.99. The summed E-state index contributed by atoms with van der Waals surface area (Å²) in [5.41, 5.74) is 1.10. The first-order chi connectivity index (χ1) is 13.2. The van der Waals surface area contributed by atoms with E-state index < -0.39 is 17.8 Å². The van der Waals surface area contributed by atoms with Gasteiger partial charge in [0.1, 0.15) is 11.6 Å². The van der Waals surface area contributed by atoms with Crippen molar-refractivity contribution in [3.05, 3.63) is 35.4 Å². The maximum Gasteiger partial charge on any atom is 0.403 e. The molecule has 0 saturated carbocycles. The fraction of sp³-hybridized carbons (Fsp3) is 0.650. The summed E-state index contributed by atoms with van der Waals surface area (Å²) in [6.45, 7) is 5.68. The van der Waals surface area contributed by atoms with Crippen molar-refractivity contribution in [3.63, 3.8) is 0 Å². The van der Waals surface area contributed by atoms with Crippen molar-refractivity contribution in [2.45, 2.75) is 44.5 Å². The van der Waals surface area contributed by atoms with Gasteiger partial charge in [-0.25, -0.2) is 4.99 Å². The third kappa shape index (κ3) is 5.55. The molecule has 0 bridgehead atoms. The van der Waals surface area contributed by atoms with E-state index in [4.69, 9.17) is 0 Å². The van der Waals surface area contributed by atoms with E-state index >= 15 is 0 Å². The van der Waals surface area contributed by atoms with Crippen molar-refractivity contribution in [1.29, 1.82) is 0 Å². The van der Waals surface area contributed by atoms with Gasteiger partial charge in [0.25, 0.3) is 0 Å². The predicted molar refractivity (Wildman–Crippen MR) is 119 cm³/mol. The van der Waals surface area contributed by atoms with Crippen LogP contribution in [0.15, 0.2) is 29.3 Å². The molecule has 2 N–H and O–H groups in total. The number of hydrogen-bond donors (Lipinski definition) is 2. The van der Waals surface area contributed by atoms with E-state index in [0.29, 0.717) is 45.1 Å². The van der Waals surface area contributed by atoms with Gasteiger partial charge in [-0.1, -0.05) is 24.3 Å². The second-order valence-corrected chi connectivity index (χ2v) is 7.60. The smallest absolute Gasteiger partial charge is 0.383 e. The van der Waals surface area contributed by atoms with Gasteiger partial charge in [-0.15, -0.1) is 24.0 Å². The number of nitrogens with one attached hydrogen (secondary N) is 1. The van der Waals surface area contributed by atoms with Crippen molar-refractivity contribution >= 4 is 29.9 Å². The molecule has 3 rings (SSSR count). The molecule has 1 saturated heterocycles. The number of piperazine rings is 1. The van der Waals surface area contributed by atoms with E-state index in [9.17, 15) is 18.3 Å². The summed E-state index contributed by atoms with van der Waals surface area (Å²) < 4.78 is 38.8. The zero-order chi connectivity index (χ0) is 20.4. The minimum atomic E-state index is -4.21. The van der Waals surface area contributed by atoms with E-state index in [0.717, 1.165) is 17.5 Å². The molecule has 2 atom stereocenters. The first-order valence-electron chi connectivity index (χ1n) is 9.89. The minimum Gasteiger partial charge on any atom is -0.383 e. The molecular formula is C20H30F3IN4O. The molecule has 2 aliphatic rings. The number of aliphatic imine (C=N–C) groups is 1. The molecule has 0 aromatic heterocycles. The molecule has 2 unspecified atom stereocenters. The Morgan fingerprint density at radius 2 is 1.90 bits per heavy atom. The highest BCUT2D eigenvalue weighted by atomic mass is 127. The van der Waals surface area contributed by atoms with Crippen LogP contribution in [0.25, 0.3) is 0 Å². The molecule has 1 aliphatic heterocycles. The molecule has 0 amide bonds. The molecule has 1 fully saturated rings. The number of aryl methyl sites for hydroxylation is 1. The Morgan fingerprint density at radius 1 is 1.24 bits per heavy atom. The molecule has 5 nitrogen and oxygen atoms in total. The third-order valence-corrected chi connectivity index (χ3v) is 5.79. The Bertz CT molecular complexity index is 707. The number of alkyl halides is 3. The average Bonchev–Trinajstić information content (AvgIpc) is 3.02. The van der Waals surface area contributed by atoms with Gasteiger partial charge in [0.15, 0.2) is 5.96 Å². The zero-order valence-corrected chi connectivity index (χ0v) is 19.2. The number of hydrogen-bond acceptors (Lipinski definition) is 3. The van der Waals surface area contributed by atoms with Gasteiger partial charge in [-0.3, -0.25) is 4.90 Å². The molecule has 1 aliphatic carbocycles. The fourth-order valence-electron chi connectivity index (χ4n) is 3.99. The Balaban J connectivity index is 0.00000300. The molecule has 1 aromatic rings. The number of rotatable bonds is 4. The highest BCUT2D eigenvalue weighted by Crippen LogP contribution is 2.37. The SMILES string of the molecule is CCNC(=NCC1(O)CCc2ccccc21)N1CCN(C(C)C(F)(F)F)CC1.I. The maximum atomic E-state index is 12.9. The van der Waals surface area contributed by atoms with Gasteiger partial charge in [0.05, 0.1) is 6.54 Å². The summed E-state index contributed by atoms with van der Waals surface area (Å²) in [6, 6.07) is 6.43. The van der Waals surface area contributed by atoms with Gasteiger partial charge >= 0.3 is 6.18 Å². The largest absolute Gasteiger partial charge is 0.403 e. The van der Waals surface area contributed by atoms with Crippen LogP contribution in [0.1, 0.15) is 31.4 Å². The summed E-state index contributed by atoms with van der Waals surface area (Å²) in [4.78, 5) is 8.09. The summed E-state index contributed by atoms with van der Waals surface area (Å²) in [7, 11) is 0. The van der Waals surface area contributed by atoms with Gasteiger partial charge in [-0.2, -0.15) is 13.2 Å². The van der Waals surface area contributed by atoms with Crippen LogP contribution in [0.5, 0.6) is 0 Å². The van der Waals surface area contributed by atoms with Crippen LogP contribution in [-0.4, -0.2) is 72.4 Å². The second-order valence-electron chi connectivity index (χ2n) is 7.60. The number of benzene rings is 1. The van der Waals surface area contributed by atoms with Crippen LogP contribution in [0.4, 0.5) is 13.2 Å². The molecule has 0 spiro atoms. The Labute approximate surface area is 187 Å². The lowest BCUT2D eigenvalue weighted by molar-refractivity contribution is -0.181. The van der Waals surface area contributed by atoms with Crippen LogP contribution < -0.4 is 5.32 Å². The van der Waals surface area contributed by atoms with E-state index in [2.05, 4.69) is 10.3 Å². The lowest BCUT2D eigenvalue weighted by atomic mass is 9.96. The van der Waals surface area contributed by atoms with Crippen molar-refractivity contribution in [3.8, 4) is 0 Å². The topological polar surface area (TPSA) is 51.1 Å². The first kappa shape index (κ1) is 24.2. The molecule has 29 heavy (non-hydrogen) atoms. The Hall–Kier alpha value is -1.07. The van der Waals surface area contributed by atoms with Crippen LogP contribution in [0.2, 0.25) is 0 Å². The van der Waals surface area contributed by atoms with E-state index in [1.165, 1.54) is 11.8 Å². The number of fused-ring (bicyclic) bond motifs is 1. The monoisotopic (exact) mass is 526 g/mol. The quantitative estimate of drug-likeness (QED) is 0.360. The van der Waals surface area contributed by atoms with Crippen LogP contribution >= 0.6 is 24.0 Å². The maximum absolute atomic E-state index is 12.9. The van der Waals surface area contributed by atoms with Gasteiger partial charge < -0.3 is 15.3 Å². The molecular weight excluding hydrogens is 496 g/mol. The molecule has 1 aromatic carbocycles. The lowest BCUT2D eigenvalue weighted by Crippen LogP contribution is -2.57. The molecule has 0 radical (unpaired) electrons. The molecule has 1 heterocycles. The minimum absolute atomic E-state index is 0. The summed E-state index contributed by atoms with van der Waals surface area (Å²) in [5.74, 6) is 0.652. The predicted octanol–water partition coefficient (Wildman–Crippen LogP) is 2.97. The third-order valence-electron chi connectivity index (χ3n) is 5.79. The average molecular weight is 526 g/mol. The van der Waals surface area contributed by atoms with Crippen molar-refractivity contribution in [2.24, 2.45) is 4.99 Å². The summed E-state index contributed by atoms with van der Waals surface area (Å²) in [5, 5.41) is 14.3. The molecule has 9 heteroatoms. The van der Waals surface area contributed by atoms with Crippen LogP contribution in [-0.2, 0) is 12.0 Å². The van der Waals surface area contributed by atoms with E-state index in [-0.39, 0.29) is 30.5 Å². The van der Waals surface area contributed by atoms with Crippen LogP contribution in [0.3, 0.4) is 0 Å². The van der Waals surface area contributed by atoms with Gasteiger partial charge in [-0.05, 0) is 37.8 Å². The molecule has 164 valence electrons. The van der Waals surface area contributed by atoms with Crippen molar-refractivity contribution < 1.29 is 18.3 Å². The first-order valence-corrected chi connectivity index (χ1v) is 9.89. The standard InChI is InChI=1S/C20H29F3N4O.HI/c1-3-24-18(27-12-10-26(11-13-27)15(2)20(21,22)23)25-14-19(28)9-8-16-6-4-5-7-17(16)19;/h4-7,15,28H,3,8-14H2,1-2H3,(H,24,25);1H. The number of aliphatic hydroxyl groups is 1.